The molecule has 1 aliphatic heterocycles. The maximum Gasteiger partial charge on any atom is 0.416 e. The summed E-state index contributed by atoms with van der Waals surface area (Å²) in [5.41, 5.74) is -0.555. The fourth-order valence-corrected chi connectivity index (χ4v) is 4.18. The fourth-order valence-electron chi connectivity index (χ4n) is 4.18. The zero-order valence-electron chi connectivity index (χ0n) is 16.4. The highest BCUT2D eigenvalue weighted by Crippen LogP contribution is 2.37. The lowest BCUT2D eigenvalue weighted by Crippen LogP contribution is -2.44. The van der Waals surface area contributed by atoms with Gasteiger partial charge in [-0.15, -0.1) is 0 Å². The number of imide groups is 1. The third kappa shape index (κ3) is 3.51. The van der Waals surface area contributed by atoms with Gasteiger partial charge < -0.3 is 10.1 Å². The number of carbonyl (C=O) groups excluding carboxylic acids is 2. The van der Waals surface area contributed by atoms with Gasteiger partial charge in [0.05, 0.1) is 11.3 Å². The van der Waals surface area contributed by atoms with Gasteiger partial charge in [-0.25, -0.2) is 9.69 Å². The van der Waals surface area contributed by atoms with Gasteiger partial charge in [0, 0.05) is 5.56 Å². The van der Waals surface area contributed by atoms with Crippen molar-refractivity contribution in [2.45, 2.75) is 50.9 Å². The van der Waals surface area contributed by atoms with E-state index in [9.17, 15) is 22.8 Å². The van der Waals surface area contributed by atoms with Gasteiger partial charge in [-0.3, -0.25) is 4.79 Å². The van der Waals surface area contributed by atoms with Crippen molar-refractivity contribution in [3.63, 3.8) is 0 Å². The van der Waals surface area contributed by atoms with Crippen molar-refractivity contribution in [2.75, 3.05) is 4.90 Å². The predicted molar refractivity (Wildman–Crippen MR) is 104 cm³/mol. The van der Waals surface area contributed by atoms with Crippen LogP contribution in [0.1, 0.15) is 42.4 Å². The van der Waals surface area contributed by atoms with E-state index in [0.29, 0.717) is 29.8 Å². The topological polar surface area (TPSA) is 58.6 Å². The van der Waals surface area contributed by atoms with E-state index < -0.39 is 23.3 Å². The molecule has 0 unspecified atom stereocenters. The van der Waals surface area contributed by atoms with Crippen LogP contribution in [0.25, 0.3) is 0 Å². The molecule has 2 aromatic carbocycles. The molecule has 158 valence electrons. The molecule has 1 heterocycles. The summed E-state index contributed by atoms with van der Waals surface area (Å²) in [6.45, 7) is 1.36. The molecule has 1 saturated carbocycles. The van der Waals surface area contributed by atoms with Crippen molar-refractivity contribution in [1.82, 2.24) is 5.32 Å². The number of nitrogens with zero attached hydrogens (tertiary/aromatic N) is 1. The Kier molecular flexibility index (Phi) is 4.95. The molecular formula is C22H21F3N2O3. The third-order valence-corrected chi connectivity index (χ3v) is 5.81. The number of nitrogens with one attached hydrogen (secondary N) is 1. The molecule has 1 saturated heterocycles. The Morgan fingerprint density at radius 1 is 1.07 bits per heavy atom. The second kappa shape index (κ2) is 7.34. The van der Waals surface area contributed by atoms with Crippen LogP contribution in [0.5, 0.6) is 5.75 Å². The van der Waals surface area contributed by atoms with Crippen LogP contribution in [-0.4, -0.2) is 17.5 Å². The number of anilines is 1. The Morgan fingerprint density at radius 3 is 2.37 bits per heavy atom. The fraction of sp³-hybridized carbons (Fsp3) is 0.364. The Morgan fingerprint density at radius 2 is 1.73 bits per heavy atom. The van der Waals surface area contributed by atoms with Crippen molar-refractivity contribution in [3.8, 4) is 5.75 Å². The number of hydrogen-bond acceptors (Lipinski definition) is 3. The summed E-state index contributed by atoms with van der Waals surface area (Å²) < 4.78 is 45.3. The number of amides is 3. The summed E-state index contributed by atoms with van der Waals surface area (Å²) in [5.74, 6) is 0.0890. The number of urea groups is 1. The molecule has 1 spiro atoms. The van der Waals surface area contributed by atoms with E-state index in [0.717, 1.165) is 23.8 Å². The van der Waals surface area contributed by atoms with Crippen molar-refractivity contribution < 1.29 is 27.5 Å². The van der Waals surface area contributed by atoms with Gasteiger partial charge in [-0.05, 0) is 55.7 Å². The summed E-state index contributed by atoms with van der Waals surface area (Å²) in [6, 6.07) is 9.75. The molecule has 2 aliphatic rings. The van der Waals surface area contributed by atoms with Crippen LogP contribution in [0, 0.1) is 6.92 Å². The summed E-state index contributed by atoms with van der Waals surface area (Å²) >= 11 is 0. The normalized spacial score (nSPS) is 18.2. The van der Waals surface area contributed by atoms with Crippen LogP contribution < -0.4 is 15.0 Å². The van der Waals surface area contributed by atoms with E-state index in [1.54, 1.807) is 37.3 Å². The molecule has 0 atom stereocenters. The molecule has 2 fully saturated rings. The van der Waals surface area contributed by atoms with E-state index in [4.69, 9.17) is 4.74 Å². The van der Waals surface area contributed by atoms with Crippen LogP contribution in [0.3, 0.4) is 0 Å². The quantitative estimate of drug-likeness (QED) is 0.714. The van der Waals surface area contributed by atoms with Gasteiger partial charge in [-0.2, -0.15) is 13.2 Å². The van der Waals surface area contributed by atoms with Crippen LogP contribution >= 0.6 is 0 Å². The van der Waals surface area contributed by atoms with E-state index in [2.05, 4.69) is 5.32 Å². The third-order valence-electron chi connectivity index (χ3n) is 5.81. The highest BCUT2D eigenvalue weighted by molar-refractivity contribution is 6.23. The minimum atomic E-state index is -4.46. The summed E-state index contributed by atoms with van der Waals surface area (Å²) in [7, 11) is 0. The SMILES string of the molecule is Cc1cccc(C(F)(F)F)c1COc1ccc(N2C(=O)NC3(CCCC3)C2=O)cc1. The Labute approximate surface area is 171 Å². The molecule has 0 bridgehead atoms. The molecule has 1 aliphatic carbocycles. The zero-order chi connectivity index (χ0) is 21.5. The first-order valence-corrected chi connectivity index (χ1v) is 9.76. The Balaban J connectivity index is 1.49. The molecular weight excluding hydrogens is 397 g/mol. The summed E-state index contributed by atoms with van der Waals surface area (Å²) in [4.78, 5) is 26.3. The first kappa shape index (κ1) is 20.3. The van der Waals surface area contributed by atoms with Crippen LogP contribution in [0.2, 0.25) is 0 Å². The van der Waals surface area contributed by atoms with Gasteiger partial charge in [0.1, 0.15) is 17.9 Å². The lowest BCUT2D eigenvalue weighted by atomic mass is 9.98. The number of benzene rings is 2. The van der Waals surface area contributed by atoms with Gasteiger partial charge in [0.25, 0.3) is 5.91 Å². The average Bonchev–Trinajstić information content (AvgIpc) is 3.25. The lowest BCUT2D eigenvalue weighted by Gasteiger charge is -2.20. The van der Waals surface area contributed by atoms with E-state index in [1.807, 2.05) is 0 Å². The van der Waals surface area contributed by atoms with Crippen LogP contribution in [0.4, 0.5) is 23.7 Å². The average molecular weight is 418 g/mol. The lowest BCUT2D eigenvalue weighted by molar-refractivity contribution is -0.138. The Hall–Kier alpha value is -3.03. The van der Waals surface area contributed by atoms with Gasteiger partial charge >= 0.3 is 12.2 Å². The molecule has 1 N–H and O–H groups in total. The highest BCUT2D eigenvalue weighted by Gasteiger charge is 2.52. The number of carbonyl (C=O) groups is 2. The summed E-state index contributed by atoms with van der Waals surface area (Å²) in [5, 5.41) is 2.82. The smallest absolute Gasteiger partial charge is 0.416 e. The second-order valence-corrected chi connectivity index (χ2v) is 7.74. The number of alkyl halides is 3. The number of aryl methyl sites for hydroxylation is 1. The largest absolute Gasteiger partial charge is 0.489 e. The first-order chi connectivity index (χ1) is 14.2. The zero-order valence-corrected chi connectivity index (χ0v) is 16.4. The molecule has 3 amide bonds. The molecule has 5 nitrogen and oxygen atoms in total. The van der Waals surface area contributed by atoms with Crippen LogP contribution in [-0.2, 0) is 17.6 Å². The number of hydrogen-bond donors (Lipinski definition) is 1. The molecule has 30 heavy (non-hydrogen) atoms. The van der Waals surface area contributed by atoms with E-state index in [-0.39, 0.29) is 18.1 Å². The Bertz CT molecular complexity index is 980. The van der Waals surface area contributed by atoms with E-state index in [1.165, 1.54) is 6.07 Å². The molecule has 8 heteroatoms. The molecule has 0 aromatic heterocycles. The van der Waals surface area contributed by atoms with Crippen molar-refractivity contribution >= 4 is 17.6 Å². The van der Waals surface area contributed by atoms with Crippen LogP contribution in [0.15, 0.2) is 42.5 Å². The van der Waals surface area contributed by atoms with Gasteiger partial charge in [-0.1, -0.05) is 25.0 Å². The monoisotopic (exact) mass is 418 g/mol. The maximum atomic E-state index is 13.2. The molecule has 0 radical (unpaired) electrons. The second-order valence-electron chi connectivity index (χ2n) is 7.74. The number of halogens is 3. The van der Waals surface area contributed by atoms with Crippen molar-refractivity contribution in [2.24, 2.45) is 0 Å². The van der Waals surface area contributed by atoms with Gasteiger partial charge in [0.15, 0.2) is 0 Å². The molecule has 2 aromatic rings. The number of ether oxygens (including phenoxy) is 1. The number of rotatable bonds is 4. The minimum Gasteiger partial charge on any atom is -0.489 e. The molecule has 4 rings (SSSR count). The minimum absolute atomic E-state index is 0.0753. The highest BCUT2D eigenvalue weighted by atomic mass is 19.4. The van der Waals surface area contributed by atoms with E-state index >= 15 is 0 Å². The first-order valence-electron chi connectivity index (χ1n) is 9.76. The van der Waals surface area contributed by atoms with Crippen molar-refractivity contribution in [3.05, 3.63) is 59.2 Å². The van der Waals surface area contributed by atoms with Crippen molar-refractivity contribution in [1.29, 1.82) is 0 Å². The standard InChI is InChI=1S/C22H21F3N2O3/c1-14-5-4-6-18(22(23,24)25)17(14)13-30-16-9-7-15(8-10-16)27-19(28)21(26-20(27)29)11-2-3-12-21/h4-10H,2-3,11-13H2,1H3,(H,26,29). The van der Waals surface area contributed by atoms with Gasteiger partial charge in [0.2, 0.25) is 0 Å². The summed E-state index contributed by atoms with van der Waals surface area (Å²) in [6.07, 6.45) is -1.41. The maximum absolute atomic E-state index is 13.2. The predicted octanol–water partition coefficient (Wildman–Crippen LogP) is 4.96.